The van der Waals surface area contributed by atoms with Crippen molar-refractivity contribution in [3.63, 3.8) is 0 Å². The van der Waals surface area contributed by atoms with E-state index in [1.165, 1.54) is 0 Å². The zero-order valence-electron chi connectivity index (χ0n) is 12.0. The van der Waals surface area contributed by atoms with Crippen molar-refractivity contribution in [3.8, 4) is 5.75 Å². The maximum Gasteiger partial charge on any atom is 0.251 e. The lowest BCUT2D eigenvalue weighted by molar-refractivity contribution is 0.0951. The van der Waals surface area contributed by atoms with Crippen LogP contribution in [-0.4, -0.2) is 22.9 Å². The standard InChI is InChI=1S/C15H22ClNO2/c1-10-12(6-5-7-13(10)18)14(19)17-9-11(16)8-15(2,3)4/h5-7,11,18H,8-9H2,1-4H3,(H,17,19). The van der Waals surface area contributed by atoms with Crippen LogP contribution in [0.3, 0.4) is 0 Å². The van der Waals surface area contributed by atoms with E-state index in [-0.39, 0.29) is 22.4 Å². The number of aromatic hydroxyl groups is 1. The first-order chi connectivity index (χ1) is 8.70. The number of phenols is 1. The molecule has 1 rings (SSSR count). The van der Waals surface area contributed by atoms with E-state index in [1.54, 1.807) is 25.1 Å². The highest BCUT2D eigenvalue weighted by molar-refractivity contribution is 6.21. The molecule has 0 aliphatic rings. The van der Waals surface area contributed by atoms with Crippen LogP contribution in [0.25, 0.3) is 0 Å². The first kappa shape index (κ1) is 15.8. The predicted molar refractivity (Wildman–Crippen MR) is 78.9 cm³/mol. The van der Waals surface area contributed by atoms with E-state index < -0.39 is 0 Å². The third-order valence-corrected chi connectivity index (χ3v) is 3.18. The van der Waals surface area contributed by atoms with Crippen LogP contribution in [0, 0.1) is 12.3 Å². The van der Waals surface area contributed by atoms with Crippen molar-refractivity contribution in [2.75, 3.05) is 6.54 Å². The minimum atomic E-state index is -0.201. The van der Waals surface area contributed by atoms with Crippen LogP contribution in [0.5, 0.6) is 5.75 Å². The molecule has 0 aliphatic carbocycles. The number of hydrogen-bond acceptors (Lipinski definition) is 2. The fraction of sp³-hybridized carbons (Fsp3) is 0.533. The summed E-state index contributed by atoms with van der Waals surface area (Å²) in [6.45, 7) is 8.49. The van der Waals surface area contributed by atoms with Crippen molar-refractivity contribution in [2.24, 2.45) is 5.41 Å². The number of nitrogens with one attached hydrogen (secondary N) is 1. The molecular formula is C15H22ClNO2. The summed E-state index contributed by atoms with van der Waals surface area (Å²) >= 11 is 6.20. The van der Waals surface area contributed by atoms with E-state index in [0.717, 1.165) is 6.42 Å². The first-order valence-electron chi connectivity index (χ1n) is 6.41. The quantitative estimate of drug-likeness (QED) is 0.831. The SMILES string of the molecule is Cc1c(O)cccc1C(=O)NCC(Cl)CC(C)(C)C. The lowest BCUT2D eigenvalue weighted by Crippen LogP contribution is -2.32. The van der Waals surface area contributed by atoms with Crippen LogP contribution >= 0.6 is 11.6 Å². The van der Waals surface area contributed by atoms with E-state index in [9.17, 15) is 9.90 Å². The molecule has 0 saturated heterocycles. The second-order valence-corrected chi connectivity index (χ2v) is 6.64. The van der Waals surface area contributed by atoms with Crippen LogP contribution in [0.4, 0.5) is 0 Å². The van der Waals surface area contributed by atoms with Crippen LogP contribution in [0.2, 0.25) is 0 Å². The largest absolute Gasteiger partial charge is 0.508 e. The lowest BCUT2D eigenvalue weighted by atomic mass is 9.90. The first-order valence-corrected chi connectivity index (χ1v) is 6.85. The third-order valence-electron chi connectivity index (χ3n) is 2.87. The average Bonchev–Trinajstić information content (AvgIpc) is 2.27. The number of carbonyl (C=O) groups excluding carboxylic acids is 1. The number of carbonyl (C=O) groups is 1. The highest BCUT2D eigenvalue weighted by Crippen LogP contribution is 2.23. The summed E-state index contributed by atoms with van der Waals surface area (Å²) in [5.41, 5.74) is 1.21. The van der Waals surface area contributed by atoms with Gasteiger partial charge in [0.05, 0.1) is 5.38 Å². The summed E-state index contributed by atoms with van der Waals surface area (Å²) in [6.07, 6.45) is 0.827. The fourth-order valence-corrected chi connectivity index (χ4v) is 2.44. The van der Waals surface area contributed by atoms with E-state index in [0.29, 0.717) is 17.7 Å². The van der Waals surface area contributed by atoms with Crippen molar-refractivity contribution in [1.82, 2.24) is 5.32 Å². The van der Waals surface area contributed by atoms with Gasteiger partial charge in [-0.15, -0.1) is 11.6 Å². The van der Waals surface area contributed by atoms with Crippen LogP contribution in [0.15, 0.2) is 18.2 Å². The molecule has 0 fully saturated rings. The van der Waals surface area contributed by atoms with Crippen LogP contribution in [-0.2, 0) is 0 Å². The van der Waals surface area contributed by atoms with Crippen molar-refractivity contribution in [2.45, 2.75) is 39.5 Å². The fourth-order valence-electron chi connectivity index (χ4n) is 1.90. The smallest absolute Gasteiger partial charge is 0.251 e. The Bertz CT molecular complexity index is 452. The summed E-state index contributed by atoms with van der Waals surface area (Å²) in [5, 5.41) is 12.3. The molecule has 1 atom stereocenters. The topological polar surface area (TPSA) is 49.3 Å². The molecule has 3 nitrogen and oxygen atoms in total. The van der Waals surface area contributed by atoms with Crippen molar-refractivity contribution < 1.29 is 9.90 Å². The molecule has 0 saturated carbocycles. The Morgan fingerprint density at radius 3 is 2.63 bits per heavy atom. The van der Waals surface area contributed by atoms with Crippen LogP contribution in [0.1, 0.15) is 43.1 Å². The molecule has 106 valence electrons. The van der Waals surface area contributed by atoms with E-state index >= 15 is 0 Å². The second-order valence-electron chi connectivity index (χ2n) is 6.02. The van der Waals surface area contributed by atoms with Gasteiger partial charge in [-0.2, -0.15) is 0 Å². The van der Waals surface area contributed by atoms with Gasteiger partial charge in [-0.25, -0.2) is 0 Å². The van der Waals surface area contributed by atoms with Crippen molar-refractivity contribution in [1.29, 1.82) is 0 Å². The zero-order valence-corrected chi connectivity index (χ0v) is 12.7. The van der Waals surface area contributed by atoms with Gasteiger partial charge in [-0.05, 0) is 30.9 Å². The molecule has 0 aliphatic heterocycles. The highest BCUT2D eigenvalue weighted by atomic mass is 35.5. The summed E-state index contributed by atoms with van der Waals surface area (Å²) in [7, 11) is 0. The molecule has 0 radical (unpaired) electrons. The van der Waals surface area contributed by atoms with Gasteiger partial charge in [-0.3, -0.25) is 4.79 Å². The summed E-state index contributed by atoms with van der Waals surface area (Å²) in [6, 6.07) is 4.91. The van der Waals surface area contributed by atoms with E-state index in [2.05, 4.69) is 26.1 Å². The Kier molecular flexibility index (Phi) is 5.24. The molecule has 1 unspecified atom stereocenters. The minimum absolute atomic E-state index is 0.0958. The molecule has 1 amide bonds. The molecule has 0 aromatic heterocycles. The predicted octanol–water partition coefficient (Wildman–Crippen LogP) is 3.47. The monoisotopic (exact) mass is 283 g/mol. The number of rotatable bonds is 4. The normalized spacial score (nSPS) is 13.1. The Balaban J connectivity index is 2.59. The summed E-state index contributed by atoms with van der Waals surface area (Å²) in [5.74, 6) is -0.0716. The Hall–Kier alpha value is -1.22. The molecule has 0 heterocycles. The van der Waals surface area contributed by atoms with Gasteiger partial charge in [0.1, 0.15) is 5.75 Å². The zero-order chi connectivity index (χ0) is 14.6. The van der Waals surface area contributed by atoms with Gasteiger partial charge in [0.2, 0.25) is 0 Å². The molecule has 1 aromatic rings. The Morgan fingerprint density at radius 2 is 2.05 bits per heavy atom. The maximum atomic E-state index is 12.0. The molecule has 19 heavy (non-hydrogen) atoms. The second kappa shape index (κ2) is 6.29. The third kappa shape index (κ3) is 5.11. The molecule has 0 spiro atoms. The van der Waals surface area contributed by atoms with Gasteiger partial charge in [0.15, 0.2) is 0 Å². The molecular weight excluding hydrogens is 262 g/mol. The van der Waals surface area contributed by atoms with E-state index in [4.69, 9.17) is 11.6 Å². The van der Waals surface area contributed by atoms with Gasteiger partial charge < -0.3 is 10.4 Å². The van der Waals surface area contributed by atoms with Gasteiger partial charge >= 0.3 is 0 Å². The number of halogens is 1. The number of amides is 1. The minimum Gasteiger partial charge on any atom is -0.508 e. The Morgan fingerprint density at radius 1 is 1.42 bits per heavy atom. The van der Waals surface area contributed by atoms with Crippen LogP contribution < -0.4 is 5.32 Å². The number of phenolic OH excluding ortho intramolecular Hbond substituents is 1. The summed E-state index contributed by atoms with van der Waals surface area (Å²) in [4.78, 5) is 12.0. The van der Waals surface area contributed by atoms with Gasteiger partial charge in [0, 0.05) is 17.7 Å². The molecule has 4 heteroatoms. The van der Waals surface area contributed by atoms with Gasteiger partial charge in [-0.1, -0.05) is 26.8 Å². The molecule has 1 aromatic carbocycles. The average molecular weight is 284 g/mol. The lowest BCUT2D eigenvalue weighted by Gasteiger charge is -2.22. The van der Waals surface area contributed by atoms with E-state index in [1.807, 2.05) is 0 Å². The molecule has 2 N–H and O–H groups in total. The number of alkyl halides is 1. The van der Waals surface area contributed by atoms with Crippen molar-refractivity contribution in [3.05, 3.63) is 29.3 Å². The highest BCUT2D eigenvalue weighted by Gasteiger charge is 2.18. The number of benzene rings is 1. The molecule has 0 bridgehead atoms. The Labute approximate surface area is 120 Å². The maximum absolute atomic E-state index is 12.0. The number of hydrogen-bond donors (Lipinski definition) is 2. The van der Waals surface area contributed by atoms with Crippen molar-refractivity contribution >= 4 is 17.5 Å². The van der Waals surface area contributed by atoms with Gasteiger partial charge in [0.25, 0.3) is 5.91 Å². The summed E-state index contributed by atoms with van der Waals surface area (Å²) < 4.78 is 0.